The van der Waals surface area contributed by atoms with Crippen LogP contribution >= 0.6 is 0 Å². The Bertz CT molecular complexity index is 1420. The van der Waals surface area contributed by atoms with Gasteiger partial charge < -0.3 is 25.5 Å². The summed E-state index contributed by atoms with van der Waals surface area (Å²) in [5, 5.41) is 16.3. The molecule has 1 aromatic heterocycles. The number of hydrogen-bond donors (Lipinski definition) is 3. The highest BCUT2D eigenvalue weighted by molar-refractivity contribution is 7.92. The van der Waals surface area contributed by atoms with Crippen LogP contribution in [0.3, 0.4) is 0 Å². The van der Waals surface area contributed by atoms with E-state index < -0.39 is 15.1 Å². The van der Waals surface area contributed by atoms with Crippen molar-refractivity contribution in [3.05, 3.63) is 48.8 Å². The second kappa shape index (κ2) is 11.9. The Hall–Kier alpha value is -3.48. The maximum atomic E-state index is 12.8. The number of aromatic nitrogens is 3. The van der Waals surface area contributed by atoms with Gasteiger partial charge in [0.1, 0.15) is 12.1 Å². The molecule has 40 heavy (non-hydrogen) atoms. The number of rotatable bonds is 8. The molecule has 0 bridgehead atoms. The predicted octanol–water partition coefficient (Wildman–Crippen LogP) is 3.46. The van der Waals surface area contributed by atoms with Crippen molar-refractivity contribution in [2.75, 3.05) is 61.8 Å². The fraction of sp³-hybridized carbons (Fsp3) is 0.464. The number of likely N-dealkylation sites (N-methyl/N-ethyl adjacent to an activating group) is 1. The van der Waals surface area contributed by atoms with Crippen LogP contribution in [0.15, 0.2) is 53.7 Å². The molecule has 0 saturated carbocycles. The summed E-state index contributed by atoms with van der Waals surface area (Å²) >= 11 is 0. The summed E-state index contributed by atoms with van der Waals surface area (Å²) in [5.41, 5.74) is 1.84. The Balaban J connectivity index is 1.23. The summed E-state index contributed by atoms with van der Waals surface area (Å²) in [6.45, 7) is 9.75. The standard InChI is InChI=1S/C28H38N8O3S/c1-20(2)40(38,39)26-7-5-4-6-24(26)32-28-30-19-29-27(33-28)31-23-9-8-22(18-25(23)37)35-12-10-21(11-13-35)36-16-14-34(3)15-17-36/h4-9,18-21,37H,10-17H2,1-3H3,(H2,29,30,31,32,33). The molecule has 214 valence electrons. The first-order valence-electron chi connectivity index (χ1n) is 13.8. The second-order valence-electron chi connectivity index (χ2n) is 10.7. The quantitative estimate of drug-likeness (QED) is 0.347. The molecule has 2 saturated heterocycles. The van der Waals surface area contributed by atoms with Crippen LogP contribution in [0.1, 0.15) is 26.7 Å². The van der Waals surface area contributed by atoms with E-state index in [2.05, 4.69) is 47.3 Å². The molecule has 0 spiro atoms. The summed E-state index contributed by atoms with van der Waals surface area (Å²) in [6, 6.07) is 12.9. The SMILES string of the molecule is CC(C)S(=O)(=O)c1ccccc1Nc1ncnc(Nc2ccc(N3CCC(N4CCN(C)CC4)CC3)cc2O)n1. The Kier molecular flexibility index (Phi) is 8.38. The minimum Gasteiger partial charge on any atom is -0.506 e. The van der Waals surface area contributed by atoms with Crippen LogP contribution < -0.4 is 15.5 Å². The van der Waals surface area contributed by atoms with Crippen LogP contribution in [-0.2, 0) is 9.84 Å². The van der Waals surface area contributed by atoms with Crippen molar-refractivity contribution in [3.63, 3.8) is 0 Å². The molecule has 5 rings (SSSR count). The predicted molar refractivity (Wildman–Crippen MR) is 158 cm³/mol. The van der Waals surface area contributed by atoms with Gasteiger partial charge >= 0.3 is 0 Å². The number of benzene rings is 2. The molecule has 0 atom stereocenters. The smallest absolute Gasteiger partial charge is 0.232 e. The van der Waals surface area contributed by atoms with Gasteiger partial charge in [-0.05, 0) is 58.0 Å². The first kappa shape index (κ1) is 28.1. The lowest BCUT2D eigenvalue weighted by atomic mass is 10.0. The summed E-state index contributed by atoms with van der Waals surface area (Å²) in [7, 11) is -1.32. The minimum absolute atomic E-state index is 0.0991. The zero-order chi connectivity index (χ0) is 28.3. The number of hydrogen-bond acceptors (Lipinski definition) is 11. The third-order valence-electron chi connectivity index (χ3n) is 7.74. The third-order valence-corrected chi connectivity index (χ3v) is 9.95. The second-order valence-corrected chi connectivity index (χ2v) is 13.2. The van der Waals surface area contributed by atoms with Gasteiger partial charge in [-0.1, -0.05) is 12.1 Å². The van der Waals surface area contributed by atoms with Gasteiger partial charge in [0.15, 0.2) is 9.84 Å². The number of nitrogens with zero attached hydrogens (tertiary/aromatic N) is 6. The van der Waals surface area contributed by atoms with Gasteiger partial charge in [-0.15, -0.1) is 0 Å². The number of para-hydroxylation sites is 1. The monoisotopic (exact) mass is 566 g/mol. The lowest BCUT2D eigenvalue weighted by molar-refractivity contribution is 0.0982. The Morgan fingerprint density at radius 1 is 0.900 bits per heavy atom. The number of aromatic hydroxyl groups is 1. The molecule has 0 radical (unpaired) electrons. The number of anilines is 5. The normalized spacial score (nSPS) is 17.8. The van der Waals surface area contributed by atoms with Gasteiger partial charge in [-0.2, -0.15) is 4.98 Å². The molecule has 0 unspecified atom stereocenters. The number of piperidine rings is 1. The van der Waals surface area contributed by atoms with Crippen LogP contribution in [0, 0.1) is 0 Å². The Labute approximate surface area is 236 Å². The van der Waals surface area contributed by atoms with E-state index in [1.807, 2.05) is 12.1 Å². The van der Waals surface area contributed by atoms with Crippen molar-refractivity contribution in [3.8, 4) is 5.75 Å². The molecule has 12 heteroatoms. The fourth-order valence-electron chi connectivity index (χ4n) is 5.23. The zero-order valence-electron chi connectivity index (χ0n) is 23.3. The average molecular weight is 567 g/mol. The zero-order valence-corrected chi connectivity index (χ0v) is 24.1. The van der Waals surface area contributed by atoms with Gasteiger partial charge in [0.25, 0.3) is 0 Å². The maximum Gasteiger partial charge on any atom is 0.232 e. The summed E-state index contributed by atoms with van der Waals surface area (Å²) in [5.74, 6) is 0.503. The van der Waals surface area contributed by atoms with Gasteiger partial charge in [0, 0.05) is 57.1 Å². The Morgan fingerprint density at radius 3 is 2.20 bits per heavy atom. The van der Waals surface area contributed by atoms with Gasteiger partial charge in [0.2, 0.25) is 11.9 Å². The molecule has 0 aliphatic carbocycles. The van der Waals surface area contributed by atoms with Crippen molar-refractivity contribution < 1.29 is 13.5 Å². The van der Waals surface area contributed by atoms with E-state index in [1.54, 1.807) is 44.2 Å². The lowest BCUT2D eigenvalue weighted by Gasteiger charge is -2.42. The van der Waals surface area contributed by atoms with Crippen molar-refractivity contribution >= 4 is 38.8 Å². The highest BCUT2D eigenvalue weighted by atomic mass is 32.2. The summed E-state index contributed by atoms with van der Waals surface area (Å²) in [6.07, 6.45) is 3.56. The van der Waals surface area contributed by atoms with E-state index in [0.29, 0.717) is 17.4 Å². The van der Waals surface area contributed by atoms with Gasteiger partial charge in [0.05, 0.1) is 21.5 Å². The van der Waals surface area contributed by atoms with E-state index >= 15 is 0 Å². The Morgan fingerprint density at radius 2 is 1.55 bits per heavy atom. The largest absolute Gasteiger partial charge is 0.506 e. The number of piperazine rings is 1. The molecule has 2 aliphatic heterocycles. The molecule has 3 N–H and O–H groups in total. The van der Waals surface area contributed by atoms with Crippen LogP contribution in [-0.4, -0.2) is 95.9 Å². The van der Waals surface area contributed by atoms with Crippen molar-refractivity contribution in [2.24, 2.45) is 0 Å². The van der Waals surface area contributed by atoms with Crippen LogP contribution in [0.2, 0.25) is 0 Å². The van der Waals surface area contributed by atoms with Crippen molar-refractivity contribution in [2.45, 2.75) is 42.9 Å². The molecule has 2 fully saturated rings. The van der Waals surface area contributed by atoms with Crippen LogP contribution in [0.25, 0.3) is 0 Å². The average Bonchev–Trinajstić information content (AvgIpc) is 2.95. The van der Waals surface area contributed by atoms with E-state index in [-0.39, 0.29) is 22.5 Å². The third kappa shape index (κ3) is 6.29. The van der Waals surface area contributed by atoms with E-state index in [9.17, 15) is 13.5 Å². The van der Waals surface area contributed by atoms with Crippen molar-refractivity contribution in [1.29, 1.82) is 0 Å². The number of nitrogens with one attached hydrogen (secondary N) is 2. The molecule has 2 aliphatic rings. The highest BCUT2D eigenvalue weighted by Crippen LogP contribution is 2.33. The van der Waals surface area contributed by atoms with E-state index in [4.69, 9.17) is 0 Å². The van der Waals surface area contributed by atoms with Crippen LogP contribution in [0.4, 0.5) is 29.0 Å². The molecule has 2 aromatic carbocycles. The maximum absolute atomic E-state index is 12.8. The molecular formula is C28H38N8O3S. The minimum atomic E-state index is -3.51. The van der Waals surface area contributed by atoms with E-state index in [0.717, 1.165) is 57.8 Å². The number of phenolic OH excluding ortho intramolecular Hbond substituents is 1. The summed E-state index contributed by atoms with van der Waals surface area (Å²) in [4.78, 5) is 20.2. The van der Waals surface area contributed by atoms with Crippen LogP contribution in [0.5, 0.6) is 5.75 Å². The highest BCUT2D eigenvalue weighted by Gasteiger charge is 2.27. The van der Waals surface area contributed by atoms with Gasteiger partial charge in [-0.25, -0.2) is 18.4 Å². The molecule has 11 nitrogen and oxygen atoms in total. The first-order chi connectivity index (χ1) is 19.2. The first-order valence-corrected chi connectivity index (χ1v) is 15.3. The number of sulfone groups is 1. The topological polar surface area (TPSA) is 127 Å². The summed E-state index contributed by atoms with van der Waals surface area (Å²) < 4.78 is 25.6. The lowest BCUT2D eigenvalue weighted by Crippen LogP contribution is -2.52. The molecule has 3 heterocycles. The molecule has 0 amide bonds. The fourth-order valence-corrected chi connectivity index (χ4v) is 6.43. The van der Waals surface area contributed by atoms with Crippen molar-refractivity contribution in [1.82, 2.24) is 24.8 Å². The molecular weight excluding hydrogens is 528 g/mol. The van der Waals surface area contributed by atoms with Gasteiger partial charge in [-0.3, -0.25) is 4.90 Å². The molecule has 3 aromatic rings. The number of phenols is 1. The van der Waals surface area contributed by atoms with E-state index in [1.165, 1.54) is 6.33 Å².